The molecule has 5 nitrogen and oxygen atoms in total. The number of aliphatic carboxylic acids is 1. The van der Waals surface area contributed by atoms with Crippen LogP contribution in [0.3, 0.4) is 0 Å². The summed E-state index contributed by atoms with van der Waals surface area (Å²) >= 11 is 0. The fourth-order valence-electron chi connectivity index (χ4n) is 2.31. The molecule has 1 aromatic carbocycles. The fraction of sp³-hybridized carbons (Fsp3) is 0.385. The highest BCUT2D eigenvalue weighted by atomic mass is 16.4. The van der Waals surface area contributed by atoms with Crippen LogP contribution in [-0.4, -0.2) is 34.5 Å². The van der Waals surface area contributed by atoms with Gasteiger partial charge in [-0.3, -0.25) is 14.5 Å². The van der Waals surface area contributed by atoms with Gasteiger partial charge in [-0.25, -0.2) is 0 Å². The molecule has 18 heavy (non-hydrogen) atoms. The Balaban J connectivity index is 2.17. The molecule has 1 aliphatic rings. The first-order valence-corrected chi connectivity index (χ1v) is 5.90. The maximum Gasteiger partial charge on any atom is 0.321 e. The molecule has 5 heteroatoms. The van der Waals surface area contributed by atoms with Gasteiger partial charge in [0.2, 0.25) is 5.91 Å². The molecule has 1 amide bonds. The lowest BCUT2D eigenvalue weighted by Gasteiger charge is -2.34. The van der Waals surface area contributed by atoms with Gasteiger partial charge in [0.15, 0.2) is 0 Å². The number of amides is 1. The molecule has 0 saturated heterocycles. The van der Waals surface area contributed by atoms with Crippen molar-refractivity contribution in [3.63, 3.8) is 0 Å². The van der Waals surface area contributed by atoms with Crippen LogP contribution in [0.4, 0.5) is 0 Å². The first-order valence-electron chi connectivity index (χ1n) is 5.90. The highest BCUT2D eigenvalue weighted by Crippen LogP contribution is 2.23. The number of nitrogens with two attached hydrogens (primary N) is 1. The van der Waals surface area contributed by atoms with Crippen LogP contribution in [-0.2, 0) is 22.6 Å². The van der Waals surface area contributed by atoms with E-state index in [9.17, 15) is 14.7 Å². The van der Waals surface area contributed by atoms with Gasteiger partial charge in [0.25, 0.3) is 0 Å². The first kappa shape index (κ1) is 12.6. The predicted octanol–water partition coefficient (Wildman–Crippen LogP) is 0.373. The molecular weight excluding hydrogens is 232 g/mol. The van der Waals surface area contributed by atoms with Crippen LogP contribution < -0.4 is 5.73 Å². The highest BCUT2D eigenvalue weighted by Gasteiger charge is 2.30. The Hall–Kier alpha value is -1.88. The van der Waals surface area contributed by atoms with Gasteiger partial charge >= 0.3 is 5.97 Å². The fourth-order valence-corrected chi connectivity index (χ4v) is 2.31. The van der Waals surface area contributed by atoms with Gasteiger partial charge in [0.05, 0.1) is 0 Å². The third-order valence-electron chi connectivity index (χ3n) is 3.28. The summed E-state index contributed by atoms with van der Waals surface area (Å²) in [4.78, 5) is 23.9. The maximum atomic E-state index is 11.3. The number of carbonyl (C=O) groups is 2. The largest absolute Gasteiger partial charge is 0.480 e. The highest BCUT2D eigenvalue weighted by molar-refractivity contribution is 5.75. The minimum atomic E-state index is -0.853. The Morgan fingerprint density at radius 3 is 2.61 bits per heavy atom. The number of carboxylic acid groups (broad SMARTS) is 1. The third kappa shape index (κ3) is 2.68. The molecular formula is C13H16N2O3. The van der Waals surface area contributed by atoms with Gasteiger partial charge < -0.3 is 10.8 Å². The minimum absolute atomic E-state index is 0.186. The van der Waals surface area contributed by atoms with Gasteiger partial charge in [-0.1, -0.05) is 24.3 Å². The lowest BCUT2D eigenvalue weighted by atomic mass is 9.94. The molecule has 2 rings (SSSR count). The monoisotopic (exact) mass is 248 g/mol. The van der Waals surface area contributed by atoms with Gasteiger partial charge in [-0.05, 0) is 17.5 Å². The van der Waals surface area contributed by atoms with Crippen molar-refractivity contribution in [2.24, 2.45) is 5.73 Å². The van der Waals surface area contributed by atoms with Crippen molar-refractivity contribution in [3.8, 4) is 0 Å². The van der Waals surface area contributed by atoms with Crippen LogP contribution in [0.25, 0.3) is 0 Å². The topological polar surface area (TPSA) is 83.6 Å². The van der Waals surface area contributed by atoms with E-state index < -0.39 is 17.9 Å². The molecule has 0 bridgehead atoms. The van der Waals surface area contributed by atoms with Crippen LogP contribution in [0.15, 0.2) is 24.3 Å². The summed E-state index contributed by atoms with van der Waals surface area (Å²) in [6.07, 6.45) is 0.663. The van der Waals surface area contributed by atoms with Crippen molar-refractivity contribution in [1.82, 2.24) is 4.90 Å². The van der Waals surface area contributed by atoms with E-state index in [1.807, 2.05) is 24.3 Å². The van der Waals surface area contributed by atoms with Gasteiger partial charge in [0.1, 0.15) is 6.04 Å². The second kappa shape index (κ2) is 5.18. The first-order chi connectivity index (χ1) is 8.58. The normalized spacial score (nSPS) is 19.2. The predicted molar refractivity (Wildman–Crippen MR) is 65.8 cm³/mol. The molecule has 1 aliphatic heterocycles. The molecule has 1 heterocycles. The van der Waals surface area contributed by atoms with E-state index in [0.29, 0.717) is 19.5 Å². The maximum absolute atomic E-state index is 11.3. The number of nitrogens with zero attached hydrogens (tertiary/aromatic N) is 1. The van der Waals surface area contributed by atoms with E-state index in [1.165, 1.54) is 0 Å². The quantitative estimate of drug-likeness (QED) is 0.806. The molecule has 3 N–H and O–H groups in total. The Morgan fingerprint density at radius 1 is 1.33 bits per heavy atom. The summed E-state index contributed by atoms with van der Waals surface area (Å²) in [6, 6.07) is 7.23. The van der Waals surface area contributed by atoms with E-state index in [-0.39, 0.29) is 6.42 Å². The molecule has 0 spiro atoms. The molecule has 0 aliphatic carbocycles. The summed E-state index contributed by atoms with van der Waals surface area (Å²) in [5.74, 6) is -1.26. The number of fused-ring (bicyclic) bond motifs is 1. The van der Waals surface area contributed by atoms with E-state index in [0.717, 1.165) is 11.1 Å². The molecule has 0 aromatic heterocycles. The van der Waals surface area contributed by atoms with Crippen molar-refractivity contribution in [3.05, 3.63) is 35.4 Å². The number of carbonyl (C=O) groups excluding carboxylic acids is 1. The van der Waals surface area contributed by atoms with Crippen molar-refractivity contribution >= 4 is 11.9 Å². The van der Waals surface area contributed by atoms with Gasteiger partial charge in [-0.15, -0.1) is 0 Å². The van der Waals surface area contributed by atoms with Crippen molar-refractivity contribution in [1.29, 1.82) is 0 Å². The summed E-state index contributed by atoms with van der Waals surface area (Å²) < 4.78 is 0. The number of carboxylic acids is 1. The van der Waals surface area contributed by atoms with Crippen LogP contribution in [0.1, 0.15) is 17.5 Å². The van der Waals surface area contributed by atoms with Crippen LogP contribution >= 0.6 is 0 Å². The van der Waals surface area contributed by atoms with E-state index >= 15 is 0 Å². The molecule has 1 aromatic rings. The number of rotatable bonds is 4. The molecule has 1 atom stereocenters. The average molecular weight is 248 g/mol. The second-order valence-electron chi connectivity index (χ2n) is 4.51. The van der Waals surface area contributed by atoms with Crippen LogP contribution in [0.2, 0.25) is 0 Å². The van der Waals surface area contributed by atoms with Crippen LogP contribution in [0, 0.1) is 0 Å². The summed E-state index contributed by atoms with van der Waals surface area (Å²) in [5, 5.41) is 9.24. The second-order valence-corrected chi connectivity index (χ2v) is 4.51. The SMILES string of the molecule is NC(=O)CCN1Cc2ccccc2CC1C(=O)O. The Morgan fingerprint density at radius 2 is 2.00 bits per heavy atom. The summed E-state index contributed by atoms with van der Waals surface area (Å²) in [6.45, 7) is 0.945. The number of hydrogen-bond donors (Lipinski definition) is 2. The zero-order valence-electron chi connectivity index (χ0n) is 10.0. The number of hydrogen-bond acceptors (Lipinski definition) is 3. The standard InChI is InChI=1S/C13H16N2O3/c14-12(16)5-6-15-8-10-4-2-1-3-9(10)7-11(15)13(17)18/h1-4,11H,5-8H2,(H2,14,16)(H,17,18). The molecule has 1 unspecified atom stereocenters. The zero-order valence-corrected chi connectivity index (χ0v) is 10.0. The van der Waals surface area contributed by atoms with E-state index in [2.05, 4.69) is 0 Å². The summed E-state index contributed by atoms with van der Waals surface area (Å²) in [7, 11) is 0. The number of primary amides is 1. The van der Waals surface area contributed by atoms with Gasteiger partial charge in [0, 0.05) is 19.5 Å². The molecule has 0 fully saturated rings. The molecule has 0 saturated carbocycles. The van der Waals surface area contributed by atoms with Crippen molar-refractivity contribution in [2.45, 2.75) is 25.4 Å². The lowest BCUT2D eigenvalue weighted by Crippen LogP contribution is -2.46. The number of benzene rings is 1. The average Bonchev–Trinajstić information content (AvgIpc) is 2.35. The Bertz CT molecular complexity index is 473. The van der Waals surface area contributed by atoms with E-state index in [1.54, 1.807) is 4.90 Å². The Labute approximate surface area is 105 Å². The van der Waals surface area contributed by atoms with E-state index in [4.69, 9.17) is 5.73 Å². The molecule has 0 radical (unpaired) electrons. The summed E-state index contributed by atoms with van der Waals surface area (Å²) in [5.41, 5.74) is 7.31. The van der Waals surface area contributed by atoms with Crippen molar-refractivity contribution in [2.75, 3.05) is 6.54 Å². The lowest BCUT2D eigenvalue weighted by molar-refractivity contribution is -0.144. The van der Waals surface area contributed by atoms with Crippen molar-refractivity contribution < 1.29 is 14.7 Å². The smallest absolute Gasteiger partial charge is 0.321 e. The minimum Gasteiger partial charge on any atom is -0.480 e. The molecule has 96 valence electrons. The third-order valence-corrected chi connectivity index (χ3v) is 3.28. The van der Waals surface area contributed by atoms with Gasteiger partial charge in [-0.2, -0.15) is 0 Å². The zero-order chi connectivity index (χ0) is 13.1. The van der Waals surface area contributed by atoms with Crippen LogP contribution in [0.5, 0.6) is 0 Å². The Kier molecular flexibility index (Phi) is 3.62.